The van der Waals surface area contributed by atoms with Gasteiger partial charge in [-0.3, -0.25) is 9.59 Å². The molecular weight excluding hydrogens is 519 g/mol. The number of phenolic OH excluding ortho intramolecular Hbond substituents is 1. The van der Waals surface area contributed by atoms with E-state index in [2.05, 4.69) is 26.8 Å². The average Bonchev–Trinajstić information content (AvgIpc) is 3.39. The third-order valence-electron chi connectivity index (χ3n) is 5.09. The minimum absolute atomic E-state index is 0. The number of hydrogen-bond acceptors (Lipinski definition) is 9. The first-order valence-corrected chi connectivity index (χ1v) is 10.9. The Kier molecular flexibility index (Phi) is 8.14. The van der Waals surface area contributed by atoms with Crippen LogP contribution in [-0.2, 0) is 4.79 Å². The van der Waals surface area contributed by atoms with Gasteiger partial charge in [0.1, 0.15) is 23.0 Å². The van der Waals surface area contributed by atoms with Crippen LogP contribution in [0.15, 0.2) is 65.3 Å². The van der Waals surface area contributed by atoms with E-state index in [9.17, 15) is 20.0 Å². The molecule has 4 aromatic rings. The third-order valence-corrected chi connectivity index (χ3v) is 5.33. The SMILES string of the molecule is C[C@@](N)(C=O)Nc1cccc(-c2cc(-c3ccc(Cl)cc3O)nc(NC(=O)c3ccno3)c2C#N)c1.Cl. The second-order valence-corrected chi connectivity index (χ2v) is 8.43. The number of nitrogens with two attached hydrogens (primary N) is 1. The summed E-state index contributed by atoms with van der Waals surface area (Å²) in [6.45, 7) is 1.51. The summed E-state index contributed by atoms with van der Waals surface area (Å²) in [5.41, 5.74) is 6.72. The number of hydrogen-bond donors (Lipinski definition) is 4. The van der Waals surface area contributed by atoms with Crippen LogP contribution in [0, 0.1) is 11.3 Å². The summed E-state index contributed by atoms with van der Waals surface area (Å²) >= 11 is 5.98. The van der Waals surface area contributed by atoms with Crippen LogP contribution in [0.25, 0.3) is 22.4 Å². The molecule has 0 saturated carbocycles. The molecule has 4 rings (SSSR count). The van der Waals surface area contributed by atoms with E-state index in [-0.39, 0.29) is 41.0 Å². The van der Waals surface area contributed by atoms with Crippen molar-refractivity contribution in [3.63, 3.8) is 0 Å². The highest BCUT2D eigenvalue weighted by atomic mass is 35.5. The van der Waals surface area contributed by atoms with Gasteiger partial charge in [-0.15, -0.1) is 12.4 Å². The Balaban J connectivity index is 0.00000380. The van der Waals surface area contributed by atoms with Crippen molar-refractivity contribution in [2.45, 2.75) is 12.6 Å². The van der Waals surface area contributed by atoms with Crippen LogP contribution >= 0.6 is 24.0 Å². The number of rotatable bonds is 7. The largest absolute Gasteiger partial charge is 0.507 e. The fraction of sp³-hybridized carbons (Fsp3) is 0.0800. The predicted octanol–water partition coefficient (Wildman–Crippen LogP) is 4.59. The first kappa shape index (κ1) is 27.2. The summed E-state index contributed by atoms with van der Waals surface area (Å²) in [6.07, 6.45) is 1.88. The van der Waals surface area contributed by atoms with E-state index < -0.39 is 11.6 Å². The molecule has 0 aliphatic heterocycles. The summed E-state index contributed by atoms with van der Waals surface area (Å²) in [4.78, 5) is 28.4. The lowest BCUT2D eigenvalue weighted by molar-refractivity contribution is -0.111. The molecule has 188 valence electrons. The summed E-state index contributed by atoms with van der Waals surface area (Å²) in [7, 11) is 0. The molecule has 10 nitrogen and oxygen atoms in total. The summed E-state index contributed by atoms with van der Waals surface area (Å²) in [5.74, 6) is -0.946. The van der Waals surface area contributed by atoms with E-state index in [4.69, 9.17) is 21.9 Å². The van der Waals surface area contributed by atoms with Gasteiger partial charge in [0.2, 0.25) is 5.76 Å². The molecule has 0 aliphatic carbocycles. The van der Waals surface area contributed by atoms with Crippen molar-refractivity contribution in [3.05, 3.63) is 77.1 Å². The van der Waals surface area contributed by atoms with Crippen molar-refractivity contribution in [2.75, 3.05) is 10.6 Å². The minimum atomic E-state index is -1.31. The van der Waals surface area contributed by atoms with Crippen LogP contribution in [0.5, 0.6) is 5.75 Å². The smallest absolute Gasteiger partial charge is 0.295 e. The number of nitriles is 1. The van der Waals surface area contributed by atoms with Gasteiger partial charge in [-0.25, -0.2) is 4.98 Å². The zero-order valence-electron chi connectivity index (χ0n) is 19.2. The number of halogens is 2. The molecule has 0 bridgehead atoms. The highest BCUT2D eigenvalue weighted by Gasteiger charge is 2.21. The molecule has 2 heterocycles. The predicted molar refractivity (Wildman–Crippen MR) is 140 cm³/mol. The van der Waals surface area contributed by atoms with E-state index in [1.807, 2.05) is 0 Å². The number of carbonyl (C=O) groups excluding carboxylic acids is 2. The van der Waals surface area contributed by atoms with Crippen molar-refractivity contribution in [2.24, 2.45) is 5.73 Å². The lowest BCUT2D eigenvalue weighted by Crippen LogP contribution is -2.46. The zero-order chi connectivity index (χ0) is 25.9. The van der Waals surface area contributed by atoms with Gasteiger partial charge in [-0.05, 0) is 48.9 Å². The topological polar surface area (TPSA) is 167 Å². The summed E-state index contributed by atoms with van der Waals surface area (Å²) < 4.78 is 4.90. The standard InChI is InChI=1S/C25H19ClN6O4.ClH/c1-25(28,13-33)32-16-4-2-3-14(9-16)18-11-20(17-6-5-15(26)10-21(17)34)30-23(19(18)12-27)31-24(35)22-7-8-29-36-22;/h2-11,13,32,34H,28H2,1H3,(H,30,31,35);1H/t25-;/m0./s1. The number of carbonyl (C=O) groups is 2. The first-order chi connectivity index (χ1) is 17.2. The van der Waals surface area contributed by atoms with Gasteiger partial charge in [0, 0.05) is 27.9 Å². The summed E-state index contributed by atoms with van der Waals surface area (Å²) in [6, 6.07) is 16.4. The number of benzene rings is 2. The minimum Gasteiger partial charge on any atom is -0.507 e. The van der Waals surface area contributed by atoms with Crippen molar-refractivity contribution in [3.8, 4) is 34.2 Å². The molecule has 0 unspecified atom stereocenters. The maximum absolute atomic E-state index is 12.7. The zero-order valence-corrected chi connectivity index (χ0v) is 20.8. The maximum atomic E-state index is 12.7. The molecule has 5 N–H and O–H groups in total. The number of aldehydes is 1. The highest BCUT2D eigenvalue weighted by molar-refractivity contribution is 6.30. The lowest BCUT2D eigenvalue weighted by atomic mass is 9.97. The van der Waals surface area contributed by atoms with Crippen LogP contribution in [0.3, 0.4) is 0 Å². The molecule has 0 fully saturated rings. The second kappa shape index (κ2) is 11.1. The van der Waals surface area contributed by atoms with Crippen molar-refractivity contribution >= 4 is 47.7 Å². The third kappa shape index (κ3) is 6.05. The Bertz CT molecular complexity index is 1500. The lowest BCUT2D eigenvalue weighted by Gasteiger charge is -2.21. The van der Waals surface area contributed by atoms with Gasteiger partial charge in [0.15, 0.2) is 12.1 Å². The molecule has 12 heteroatoms. The van der Waals surface area contributed by atoms with Gasteiger partial charge in [-0.1, -0.05) is 28.9 Å². The molecule has 1 amide bonds. The quantitative estimate of drug-likeness (QED) is 0.194. The second-order valence-electron chi connectivity index (χ2n) is 7.99. The Morgan fingerprint density at radius 1 is 1.22 bits per heavy atom. The van der Waals surface area contributed by atoms with E-state index in [0.29, 0.717) is 33.7 Å². The maximum Gasteiger partial charge on any atom is 0.295 e. The number of nitrogens with one attached hydrogen (secondary N) is 2. The molecular formula is C25H20Cl2N6O4. The molecule has 2 aromatic carbocycles. The van der Waals surface area contributed by atoms with Gasteiger partial charge in [0.05, 0.1) is 11.9 Å². The van der Waals surface area contributed by atoms with E-state index in [1.165, 1.54) is 25.3 Å². The Labute approximate surface area is 222 Å². The normalized spacial score (nSPS) is 11.9. The number of anilines is 2. The number of phenols is 1. The first-order valence-electron chi connectivity index (χ1n) is 10.5. The fourth-order valence-electron chi connectivity index (χ4n) is 3.44. The number of amides is 1. The van der Waals surface area contributed by atoms with Crippen molar-refractivity contribution in [1.82, 2.24) is 10.1 Å². The van der Waals surface area contributed by atoms with Crippen LogP contribution in [0.4, 0.5) is 11.5 Å². The Morgan fingerprint density at radius 3 is 2.65 bits per heavy atom. The Morgan fingerprint density at radius 2 is 2.00 bits per heavy atom. The summed E-state index contributed by atoms with van der Waals surface area (Å²) in [5, 5.41) is 29.8. The van der Waals surface area contributed by atoms with Crippen LogP contribution in [-0.4, -0.2) is 33.1 Å². The molecule has 2 aromatic heterocycles. The number of aromatic hydroxyl groups is 1. The van der Waals surface area contributed by atoms with E-state index >= 15 is 0 Å². The monoisotopic (exact) mass is 538 g/mol. The van der Waals surface area contributed by atoms with Gasteiger partial charge in [-0.2, -0.15) is 5.26 Å². The Hall–Kier alpha value is -4.43. The molecule has 0 spiro atoms. The van der Waals surface area contributed by atoms with E-state index in [0.717, 1.165) is 0 Å². The molecule has 0 aliphatic rings. The molecule has 0 saturated heterocycles. The van der Waals surface area contributed by atoms with Crippen LogP contribution in [0.1, 0.15) is 23.0 Å². The van der Waals surface area contributed by atoms with Crippen molar-refractivity contribution < 1.29 is 19.2 Å². The van der Waals surface area contributed by atoms with Crippen molar-refractivity contribution in [1.29, 1.82) is 5.26 Å². The number of aromatic nitrogens is 2. The highest BCUT2D eigenvalue weighted by Crippen LogP contribution is 2.37. The molecule has 37 heavy (non-hydrogen) atoms. The fourth-order valence-corrected chi connectivity index (χ4v) is 3.61. The van der Waals surface area contributed by atoms with Gasteiger partial charge < -0.3 is 26.0 Å². The average molecular weight is 539 g/mol. The van der Waals surface area contributed by atoms with Crippen LogP contribution in [0.2, 0.25) is 5.02 Å². The number of nitrogens with zero attached hydrogens (tertiary/aromatic N) is 3. The van der Waals surface area contributed by atoms with Crippen LogP contribution < -0.4 is 16.4 Å². The van der Waals surface area contributed by atoms with E-state index in [1.54, 1.807) is 42.5 Å². The van der Waals surface area contributed by atoms with Gasteiger partial charge in [0.25, 0.3) is 5.91 Å². The molecule has 1 atom stereocenters. The number of pyridine rings is 1. The molecule has 0 radical (unpaired) electrons. The van der Waals surface area contributed by atoms with Gasteiger partial charge >= 0.3 is 0 Å².